The van der Waals surface area contributed by atoms with Crippen LogP contribution in [0.15, 0.2) is 24.3 Å². The minimum absolute atomic E-state index is 0.178. The third kappa shape index (κ3) is 4.46. The smallest absolute Gasteiger partial charge is 0.239 e. The van der Waals surface area contributed by atoms with Gasteiger partial charge in [0, 0.05) is 6.07 Å². The Hall–Kier alpha value is -1.56. The highest BCUT2D eigenvalue weighted by Crippen LogP contribution is 2.17. The molecule has 0 saturated carbocycles. The maximum Gasteiger partial charge on any atom is 0.239 e. The molecule has 0 fully saturated rings. The summed E-state index contributed by atoms with van der Waals surface area (Å²) in [5.41, 5.74) is 0.390. The molecular formula is C9H10NO4S. The third-order valence-corrected chi connectivity index (χ3v) is 2.04. The van der Waals surface area contributed by atoms with Crippen LogP contribution in [0.1, 0.15) is 0 Å². The molecule has 0 amide bonds. The van der Waals surface area contributed by atoms with Gasteiger partial charge in [0.1, 0.15) is 5.75 Å². The molecule has 0 bridgehead atoms. The Balaban J connectivity index is 2.78. The van der Waals surface area contributed by atoms with Crippen LogP contribution in [0.2, 0.25) is 0 Å². The van der Waals surface area contributed by atoms with Crippen molar-refractivity contribution < 1.29 is 17.9 Å². The molecule has 0 atom stereocenters. The number of hydrogen-bond donors (Lipinski definition) is 1. The highest BCUT2D eigenvalue weighted by atomic mass is 32.2. The Bertz CT molecular complexity index is 441. The van der Waals surface area contributed by atoms with Gasteiger partial charge in [-0.25, -0.2) is 8.42 Å². The molecule has 1 aromatic carbocycles. The monoisotopic (exact) mass is 228 g/mol. The van der Waals surface area contributed by atoms with E-state index in [4.69, 9.17) is 4.74 Å². The van der Waals surface area contributed by atoms with E-state index in [0.29, 0.717) is 11.4 Å². The van der Waals surface area contributed by atoms with Crippen LogP contribution >= 0.6 is 0 Å². The Morgan fingerprint density at radius 1 is 1.47 bits per heavy atom. The molecule has 0 aliphatic carbocycles. The van der Waals surface area contributed by atoms with Crippen molar-refractivity contribution in [2.75, 3.05) is 17.6 Å². The average molecular weight is 228 g/mol. The van der Waals surface area contributed by atoms with Gasteiger partial charge in [0.25, 0.3) is 0 Å². The number of carbonyl (C=O) groups excluding carboxylic acids is 1. The topological polar surface area (TPSA) is 72.5 Å². The molecule has 1 radical (unpaired) electrons. The number of benzene rings is 1. The van der Waals surface area contributed by atoms with Crippen molar-refractivity contribution in [1.82, 2.24) is 0 Å². The van der Waals surface area contributed by atoms with Gasteiger partial charge in [-0.05, 0) is 12.1 Å². The molecule has 5 nitrogen and oxygen atoms in total. The molecule has 0 aromatic heterocycles. The number of hydrogen-bond acceptors (Lipinski definition) is 4. The van der Waals surface area contributed by atoms with Crippen molar-refractivity contribution >= 4 is 22.0 Å². The molecule has 0 aliphatic rings. The average Bonchev–Trinajstić information content (AvgIpc) is 2.12. The summed E-state index contributed by atoms with van der Waals surface area (Å²) < 4.78 is 29.1. The summed E-state index contributed by atoms with van der Waals surface area (Å²) in [5.74, 6) is 0.409. The largest absolute Gasteiger partial charge is 0.485 e. The van der Waals surface area contributed by atoms with Crippen LogP contribution in [-0.2, 0) is 14.8 Å². The van der Waals surface area contributed by atoms with Crippen LogP contribution in [0, 0.1) is 0 Å². The number of sulfonamides is 1. The van der Waals surface area contributed by atoms with Gasteiger partial charge in [0.05, 0.1) is 11.9 Å². The van der Waals surface area contributed by atoms with E-state index in [1.807, 2.05) is 0 Å². The van der Waals surface area contributed by atoms with Gasteiger partial charge in [-0.15, -0.1) is 0 Å². The van der Waals surface area contributed by atoms with Crippen LogP contribution < -0.4 is 9.46 Å². The maximum absolute atomic E-state index is 10.9. The molecule has 1 rings (SSSR count). The number of rotatable bonds is 5. The second-order valence-corrected chi connectivity index (χ2v) is 4.58. The van der Waals surface area contributed by atoms with E-state index in [1.54, 1.807) is 24.5 Å². The SMILES string of the molecule is CS(=O)(=O)Nc1cccc(OC[C]=O)c1. The van der Waals surface area contributed by atoms with Crippen molar-refractivity contribution in [2.24, 2.45) is 0 Å². The zero-order valence-electron chi connectivity index (χ0n) is 8.06. The Morgan fingerprint density at radius 3 is 2.80 bits per heavy atom. The molecule has 1 aromatic rings. The predicted octanol–water partition coefficient (Wildman–Crippen LogP) is 0.547. The van der Waals surface area contributed by atoms with Crippen molar-refractivity contribution in [3.05, 3.63) is 24.3 Å². The fourth-order valence-electron chi connectivity index (χ4n) is 0.976. The predicted molar refractivity (Wildman–Crippen MR) is 56.1 cm³/mol. The minimum Gasteiger partial charge on any atom is -0.485 e. The fraction of sp³-hybridized carbons (Fsp3) is 0.222. The minimum atomic E-state index is -3.30. The summed E-state index contributed by atoms with van der Waals surface area (Å²) in [5, 5.41) is 0. The summed E-state index contributed by atoms with van der Waals surface area (Å²) in [7, 11) is -3.30. The molecule has 15 heavy (non-hydrogen) atoms. The zero-order chi connectivity index (χ0) is 11.3. The molecule has 0 heterocycles. The van der Waals surface area contributed by atoms with E-state index in [0.717, 1.165) is 6.26 Å². The fourth-order valence-corrected chi connectivity index (χ4v) is 1.53. The first-order chi connectivity index (χ1) is 7.01. The molecule has 0 aliphatic heterocycles. The number of nitrogens with one attached hydrogen (secondary N) is 1. The molecule has 0 spiro atoms. The lowest BCUT2D eigenvalue weighted by molar-refractivity contribution is 0.365. The van der Waals surface area contributed by atoms with Crippen molar-refractivity contribution in [1.29, 1.82) is 0 Å². The van der Waals surface area contributed by atoms with E-state index in [9.17, 15) is 13.2 Å². The van der Waals surface area contributed by atoms with Gasteiger partial charge in [-0.2, -0.15) is 0 Å². The molecule has 6 heteroatoms. The number of ether oxygens (including phenoxy) is 1. The second kappa shape index (κ2) is 4.79. The Morgan fingerprint density at radius 2 is 2.20 bits per heavy atom. The van der Waals surface area contributed by atoms with Gasteiger partial charge in [0.15, 0.2) is 6.61 Å². The second-order valence-electron chi connectivity index (χ2n) is 2.84. The lowest BCUT2D eigenvalue weighted by Crippen LogP contribution is -2.09. The van der Waals surface area contributed by atoms with E-state index in [-0.39, 0.29) is 6.61 Å². The summed E-state index contributed by atoms with van der Waals surface area (Å²) in [4.78, 5) is 9.93. The lowest BCUT2D eigenvalue weighted by atomic mass is 10.3. The van der Waals surface area contributed by atoms with Gasteiger partial charge < -0.3 is 4.74 Å². The van der Waals surface area contributed by atoms with Crippen LogP contribution in [-0.4, -0.2) is 27.6 Å². The van der Waals surface area contributed by atoms with Crippen molar-refractivity contribution in [3.63, 3.8) is 0 Å². The summed E-state index contributed by atoms with van der Waals surface area (Å²) in [6.45, 7) is -0.178. The highest BCUT2D eigenvalue weighted by Gasteiger charge is 2.02. The van der Waals surface area contributed by atoms with E-state index in [2.05, 4.69) is 4.72 Å². The first kappa shape index (κ1) is 11.5. The lowest BCUT2D eigenvalue weighted by Gasteiger charge is -2.06. The normalized spacial score (nSPS) is 10.7. The third-order valence-electron chi connectivity index (χ3n) is 1.44. The first-order valence-corrected chi connectivity index (χ1v) is 5.96. The van der Waals surface area contributed by atoms with E-state index in [1.165, 1.54) is 6.07 Å². The first-order valence-electron chi connectivity index (χ1n) is 4.07. The van der Waals surface area contributed by atoms with E-state index >= 15 is 0 Å². The van der Waals surface area contributed by atoms with Gasteiger partial charge in [-0.3, -0.25) is 9.52 Å². The molecular weight excluding hydrogens is 218 g/mol. The summed E-state index contributed by atoms with van der Waals surface area (Å²) in [6, 6.07) is 6.30. The maximum atomic E-state index is 10.9. The summed E-state index contributed by atoms with van der Waals surface area (Å²) >= 11 is 0. The van der Waals surface area contributed by atoms with E-state index < -0.39 is 10.0 Å². The molecule has 0 saturated heterocycles. The van der Waals surface area contributed by atoms with Crippen molar-refractivity contribution in [3.8, 4) is 5.75 Å². The van der Waals surface area contributed by atoms with Crippen LogP contribution in [0.4, 0.5) is 5.69 Å². The number of anilines is 1. The highest BCUT2D eigenvalue weighted by molar-refractivity contribution is 7.92. The molecule has 0 unspecified atom stereocenters. The Kier molecular flexibility index (Phi) is 3.68. The Labute approximate surface area is 88.1 Å². The molecule has 1 N–H and O–H groups in total. The molecule has 81 valence electrons. The van der Waals surface area contributed by atoms with Gasteiger partial charge >= 0.3 is 0 Å². The van der Waals surface area contributed by atoms with Crippen LogP contribution in [0.25, 0.3) is 0 Å². The van der Waals surface area contributed by atoms with Crippen LogP contribution in [0.3, 0.4) is 0 Å². The summed E-state index contributed by atoms with van der Waals surface area (Å²) in [6.07, 6.45) is 2.63. The quantitative estimate of drug-likeness (QED) is 0.798. The van der Waals surface area contributed by atoms with Crippen LogP contribution in [0.5, 0.6) is 5.75 Å². The zero-order valence-corrected chi connectivity index (χ0v) is 8.87. The van der Waals surface area contributed by atoms with Crippen molar-refractivity contribution in [2.45, 2.75) is 0 Å². The standard InChI is InChI=1S/C9H10NO4S/c1-15(12,13)10-8-3-2-4-9(7-8)14-6-5-11/h2-4,7,10H,6H2,1H3. The van der Waals surface area contributed by atoms with Gasteiger partial charge in [-0.1, -0.05) is 6.07 Å². The van der Waals surface area contributed by atoms with Gasteiger partial charge in [0.2, 0.25) is 16.3 Å².